The van der Waals surface area contributed by atoms with Gasteiger partial charge in [-0.15, -0.1) is 24.8 Å². The largest absolute Gasteiger partial charge is 0.366 e. The van der Waals surface area contributed by atoms with E-state index in [0.29, 0.717) is 24.2 Å². The topological polar surface area (TPSA) is 91.6 Å². The highest BCUT2D eigenvalue weighted by molar-refractivity contribution is 5.93. The third-order valence-corrected chi connectivity index (χ3v) is 4.67. The summed E-state index contributed by atoms with van der Waals surface area (Å²) in [5.74, 6) is -0.466. The summed E-state index contributed by atoms with van der Waals surface area (Å²) >= 11 is 0. The minimum atomic E-state index is -0.441. The molecular weight excluding hydrogens is 413 g/mol. The molecule has 1 aromatic heterocycles. The number of primary amides is 1. The lowest BCUT2D eigenvalue weighted by Crippen LogP contribution is -2.47. The van der Waals surface area contributed by atoms with E-state index in [0.717, 1.165) is 37.4 Å². The van der Waals surface area contributed by atoms with Crippen molar-refractivity contribution < 1.29 is 9.59 Å². The van der Waals surface area contributed by atoms with Crippen molar-refractivity contribution in [1.82, 2.24) is 14.8 Å². The van der Waals surface area contributed by atoms with Gasteiger partial charge in [0.25, 0.3) is 0 Å². The molecule has 7 nitrogen and oxygen atoms in total. The van der Waals surface area contributed by atoms with Gasteiger partial charge < -0.3 is 16.0 Å². The maximum Gasteiger partial charge on any atom is 0.248 e. The molecule has 1 aromatic carbocycles. The summed E-state index contributed by atoms with van der Waals surface area (Å²) in [6.45, 7) is 4.19. The van der Waals surface area contributed by atoms with Crippen LogP contribution in [0.3, 0.4) is 0 Å². The van der Waals surface area contributed by atoms with Gasteiger partial charge >= 0.3 is 0 Å². The van der Waals surface area contributed by atoms with Crippen molar-refractivity contribution in [3.05, 3.63) is 59.4 Å². The number of benzene rings is 1. The smallest absolute Gasteiger partial charge is 0.248 e. The maximum absolute atomic E-state index is 12.2. The van der Waals surface area contributed by atoms with Crippen molar-refractivity contribution in [3.63, 3.8) is 0 Å². The zero-order valence-electron chi connectivity index (χ0n) is 16.3. The molecule has 0 spiro atoms. The van der Waals surface area contributed by atoms with E-state index in [9.17, 15) is 9.59 Å². The van der Waals surface area contributed by atoms with Gasteiger partial charge in [-0.25, -0.2) is 0 Å². The van der Waals surface area contributed by atoms with Gasteiger partial charge in [-0.2, -0.15) is 0 Å². The molecule has 158 valence electrons. The van der Waals surface area contributed by atoms with Crippen molar-refractivity contribution in [2.45, 2.75) is 6.42 Å². The van der Waals surface area contributed by atoms with Gasteiger partial charge in [-0.05, 0) is 36.9 Å². The molecule has 2 amide bonds. The molecule has 3 rings (SSSR count). The normalized spacial score (nSPS) is 14.4. The molecule has 1 saturated heterocycles. The van der Waals surface area contributed by atoms with Gasteiger partial charge in [0, 0.05) is 43.9 Å². The average molecular weight is 440 g/mol. The third kappa shape index (κ3) is 7.62. The van der Waals surface area contributed by atoms with Crippen LogP contribution in [-0.2, 0) is 11.2 Å². The number of pyridine rings is 1. The number of carbonyl (C=O) groups is 2. The van der Waals surface area contributed by atoms with Crippen molar-refractivity contribution in [2.75, 3.05) is 45.1 Å². The van der Waals surface area contributed by atoms with Crippen molar-refractivity contribution >= 4 is 42.3 Å². The van der Waals surface area contributed by atoms with Crippen LogP contribution >= 0.6 is 24.8 Å². The van der Waals surface area contributed by atoms with Gasteiger partial charge in [0.05, 0.1) is 18.4 Å². The number of nitrogens with one attached hydrogen (secondary N) is 1. The zero-order chi connectivity index (χ0) is 19.2. The summed E-state index contributed by atoms with van der Waals surface area (Å²) in [6, 6.07) is 10.9. The number of anilines is 1. The number of carbonyl (C=O) groups excluding carboxylic acids is 2. The highest BCUT2D eigenvalue weighted by atomic mass is 35.5. The Hall–Kier alpha value is -2.19. The molecular formula is C20H27Cl2N5O2. The second kappa shape index (κ2) is 11.7. The van der Waals surface area contributed by atoms with E-state index >= 15 is 0 Å². The molecule has 0 saturated carbocycles. The Morgan fingerprint density at radius 3 is 2.45 bits per heavy atom. The lowest BCUT2D eigenvalue weighted by molar-refractivity contribution is -0.117. The van der Waals surface area contributed by atoms with Gasteiger partial charge in [0.2, 0.25) is 11.8 Å². The number of piperazine rings is 1. The quantitative estimate of drug-likeness (QED) is 0.715. The van der Waals surface area contributed by atoms with E-state index in [2.05, 4.69) is 27.1 Å². The molecule has 0 unspecified atom stereocenters. The number of hydrogen-bond donors (Lipinski definition) is 2. The van der Waals surface area contributed by atoms with Crippen LogP contribution in [0.1, 0.15) is 21.6 Å². The highest BCUT2D eigenvalue weighted by Gasteiger charge is 2.16. The van der Waals surface area contributed by atoms with E-state index < -0.39 is 5.91 Å². The Labute approximate surface area is 183 Å². The monoisotopic (exact) mass is 439 g/mol. The van der Waals surface area contributed by atoms with Crippen LogP contribution in [0.5, 0.6) is 0 Å². The van der Waals surface area contributed by atoms with Crippen LogP contribution in [-0.4, -0.2) is 66.4 Å². The first kappa shape index (κ1) is 24.8. The van der Waals surface area contributed by atoms with Gasteiger partial charge in [0.15, 0.2) is 0 Å². The number of likely N-dealkylation sites (N-methyl/N-ethyl adjacent to an activating group) is 1. The lowest BCUT2D eigenvalue weighted by Gasteiger charge is -2.31. The minimum absolute atomic E-state index is 0. The first-order chi connectivity index (χ1) is 13.0. The Kier molecular flexibility index (Phi) is 10.0. The Bertz CT molecular complexity index is 809. The number of hydrogen-bond acceptors (Lipinski definition) is 5. The first-order valence-electron chi connectivity index (χ1n) is 9.04. The number of rotatable bonds is 6. The standard InChI is InChI=1S/C20H25N5O2.2ClH/c1-24-7-9-25(10-8-24)14-19(26)23-18-6-5-17(22-13-18)12-15-3-2-4-16(11-15)20(21)27;;/h2-6,11,13H,7-10,12,14H2,1H3,(H2,21,27)(H,23,26);2*1H. The summed E-state index contributed by atoms with van der Waals surface area (Å²) in [5, 5.41) is 2.90. The maximum atomic E-state index is 12.2. The molecule has 9 heteroatoms. The highest BCUT2D eigenvalue weighted by Crippen LogP contribution is 2.12. The molecule has 2 heterocycles. The molecule has 1 aliphatic heterocycles. The van der Waals surface area contributed by atoms with Crippen molar-refractivity contribution in [1.29, 1.82) is 0 Å². The fourth-order valence-corrected chi connectivity index (χ4v) is 3.06. The van der Waals surface area contributed by atoms with E-state index in [-0.39, 0.29) is 30.7 Å². The van der Waals surface area contributed by atoms with Crippen LogP contribution in [0, 0.1) is 0 Å². The predicted octanol–water partition coefficient (Wildman–Crippen LogP) is 1.80. The van der Waals surface area contributed by atoms with Crippen LogP contribution in [0.25, 0.3) is 0 Å². The summed E-state index contributed by atoms with van der Waals surface area (Å²) in [5.41, 5.74) is 8.30. The molecule has 0 radical (unpaired) electrons. The van der Waals surface area contributed by atoms with Gasteiger partial charge in [-0.3, -0.25) is 19.5 Å². The molecule has 0 aliphatic carbocycles. The number of amides is 2. The van der Waals surface area contributed by atoms with Gasteiger partial charge in [0.1, 0.15) is 0 Å². The Morgan fingerprint density at radius 1 is 1.10 bits per heavy atom. The van der Waals surface area contributed by atoms with E-state index in [4.69, 9.17) is 5.73 Å². The van der Waals surface area contributed by atoms with Crippen molar-refractivity contribution in [3.8, 4) is 0 Å². The van der Waals surface area contributed by atoms with E-state index in [1.54, 1.807) is 18.3 Å². The predicted molar refractivity (Wildman–Crippen MR) is 119 cm³/mol. The number of nitrogens with zero attached hydrogens (tertiary/aromatic N) is 3. The lowest BCUT2D eigenvalue weighted by atomic mass is 10.1. The summed E-state index contributed by atoms with van der Waals surface area (Å²) in [7, 11) is 2.09. The average Bonchev–Trinajstić information content (AvgIpc) is 2.65. The van der Waals surface area contributed by atoms with E-state index in [1.165, 1.54) is 0 Å². The number of aromatic nitrogens is 1. The summed E-state index contributed by atoms with van der Waals surface area (Å²) < 4.78 is 0. The number of nitrogens with two attached hydrogens (primary N) is 1. The van der Waals surface area contributed by atoms with Gasteiger partial charge in [-0.1, -0.05) is 12.1 Å². The van der Waals surface area contributed by atoms with Crippen molar-refractivity contribution in [2.24, 2.45) is 5.73 Å². The Morgan fingerprint density at radius 2 is 1.83 bits per heavy atom. The SMILES string of the molecule is CN1CCN(CC(=O)Nc2ccc(Cc3cccc(C(N)=O)c3)nc2)CC1.Cl.Cl. The summed E-state index contributed by atoms with van der Waals surface area (Å²) in [4.78, 5) is 32.3. The molecule has 1 fully saturated rings. The second-order valence-electron chi connectivity index (χ2n) is 6.91. The van der Waals surface area contributed by atoms with Crippen LogP contribution in [0.15, 0.2) is 42.6 Å². The third-order valence-electron chi connectivity index (χ3n) is 4.67. The first-order valence-corrected chi connectivity index (χ1v) is 9.04. The van der Waals surface area contributed by atoms with Crippen LogP contribution < -0.4 is 11.1 Å². The fraction of sp³-hybridized carbons (Fsp3) is 0.350. The minimum Gasteiger partial charge on any atom is -0.366 e. The zero-order valence-corrected chi connectivity index (χ0v) is 18.0. The van der Waals surface area contributed by atoms with E-state index in [1.807, 2.05) is 24.3 Å². The molecule has 29 heavy (non-hydrogen) atoms. The molecule has 0 atom stereocenters. The fourth-order valence-electron chi connectivity index (χ4n) is 3.06. The second-order valence-corrected chi connectivity index (χ2v) is 6.91. The molecule has 0 bridgehead atoms. The van der Waals surface area contributed by atoms with Crippen LogP contribution in [0.4, 0.5) is 5.69 Å². The molecule has 1 aliphatic rings. The van der Waals surface area contributed by atoms with Crippen LogP contribution in [0.2, 0.25) is 0 Å². The molecule has 3 N–H and O–H groups in total. The number of halogens is 2. The molecule has 2 aromatic rings. The Balaban J connectivity index is 0.00000210. The summed E-state index contributed by atoms with van der Waals surface area (Å²) in [6.07, 6.45) is 2.26.